The van der Waals surface area contributed by atoms with Crippen molar-refractivity contribution in [2.45, 2.75) is 12.2 Å². The van der Waals surface area contributed by atoms with Gasteiger partial charge in [-0.2, -0.15) is 0 Å². The summed E-state index contributed by atoms with van der Waals surface area (Å²) in [7, 11) is 0. The van der Waals surface area contributed by atoms with Crippen molar-refractivity contribution in [3.8, 4) is 0 Å². The molecule has 0 saturated heterocycles. The largest absolute Gasteiger partial charge is 0.445 e. The number of nitrogens with one attached hydrogen (secondary N) is 1. The third-order valence-electron chi connectivity index (χ3n) is 7.68. The highest BCUT2D eigenvalue weighted by Crippen LogP contribution is 2.40. The minimum atomic E-state index is -0.755. The first-order valence-corrected chi connectivity index (χ1v) is 17.5. The molecule has 0 unspecified atom stereocenters. The summed E-state index contributed by atoms with van der Waals surface area (Å²) in [5.41, 5.74) is 3.37. The van der Waals surface area contributed by atoms with Crippen molar-refractivity contribution in [2.75, 3.05) is 92.4 Å². The Bertz CT molecular complexity index is 1330. The summed E-state index contributed by atoms with van der Waals surface area (Å²) in [6.45, 7) is 6.50. The van der Waals surface area contributed by atoms with E-state index in [1.165, 1.54) is 0 Å². The standard InChI is InChI=1S/C41H51NO9/c43-40(50-35-36-13-5-1-6-14-36)42-21-22-44-23-24-45-25-26-46-27-28-47-29-30-48-31-32-49-33-34-51-41(37-15-7-2-8-16-37,38-17-9-3-10-18-38)39-19-11-4-12-20-39/h1-20H,21-35H2,(H,42,43). The molecule has 0 aliphatic rings. The lowest BCUT2D eigenvalue weighted by Gasteiger charge is -2.36. The van der Waals surface area contributed by atoms with E-state index in [0.717, 1.165) is 22.3 Å². The zero-order valence-electron chi connectivity index (χ0n) is 29.3. The summed E-state index contributed by atoms with van der Waals surface area (Å²) in [5.74, 6) is 0. The molecule has 10 heteroatoms. The van der Waals surface area contributed by atoms with Crippen LogP contribution in [0.4, 0.5) is 4.79 Å². The number of hydrogen-bond donors (Lipinski definition) is 1. The fourth-order valence-corrected chi connectivity index (χ4v) is 5.22. The van der Waals surface area contributed by atoms with Gasteiger partial charge in [0, 0.05) is 6.54 Å². The minimum absolute atomic E-state index is 0.237. The van der Waals surface area contributed by atoms with E-state index < -0.39 is 11.7 Å². The second-order valence-corrected chi connectivity index (χ2v) is 11.3. The molecule has 0 atom stereocenters. The van der Waals surface area contributed by atoms with E-state index in [1.807, 2.05) is 84.9 Å². The van der Waals surface area contributed by atoms with Gasteiger partial charge in [-0.15, -0.1) is 0 Å². The summed E-state index contributed by atoms with van der Waals surface area (Å²) in [6, 6.07) is 40.5. The van der Waals surface area contributed by atoms with Crippen molar-refractivity contribution in [2.24, 2.45) is 0 Å². The van der Waals surface area contributed by atoms with Crippen LogP contribution in [0.1, 0.15) is 22.3 Å². The highest BCUT2D eigenvalue weighted by atomic mass is 16.6. The fourth-order valence-electron chi connectivity index (χ4n) is 5.22. The molecule has 0 bridgehead atoms. The molecule has 0 saturated carbocycles. The summed E-state index contributed by atoms with van der Waals surface area (Å²) >= 11 is 0. The lowest BCUT2D eigenvalue weighted by atomic mass is 9.80. The van der Waals surface area contributed by atoms with E-state index in [0.29, 0.717) is 92.4 Å². The van der Waals surface area contributed by atoms with E-state index >= 15 is 0 Å². The lowest BCUT2D eigenvalue weighted by molar-refractivity contribution is -0.0395. The summed E-state index contributed by atoms with van der Waals surface area (Å²) in [4.78, 5) is 11.7. The first kappa shape index (κ1) is 39.7. The van der Waals surface area contributed by atoms with E-state index in [1.54, 1.807) is 0 Å². The van der Waals surface area contributed by atoms with E-state index in [4.69, 9.17) is 37.9 Å². The molecule has 0 aliphatic heterocycles. The maximum Gasteiger partial charge on any atom is 0.407 e. The predicted octanol–water partition coefficient (Wildman–Crippen LogP) is 6.02. The smallest absolute Gasteiger partial charge is 0.407 e. The van der Waals surface area contributed by atoms with Gasteiger partial charge < -0.3 is 43.2 Å². The molecule has 0 aromatic heterocycles. The van der Waals surface area contributed by atoms with Gasteiger partial charge in [0.05, 0.1) is 85.9 Å². The van der Waals surface area contributed by atoms with E-state index in [2.05, 4.69) is 41.7 Å². The molecule has 0 heterocycles. The average Bonchev–Trinajstić information content (AvgIpc) is 3.19. The van der Waals surface area contributed by atoms with E-state index in [9.17, 15) is 4.79 Å². The Hall–Kier alpha value is -4.13. The van der Waals surface area contributed by atoms with Crippen molar-refractivity contribution >= 4 is 6.09 Å². The maximum atomic E-state index is 11.7. The number of rotatable bonds is 27. The molecule has 1 amide bonds. The quantitative estimate of drug-likeness (QED) is 0.0591. The highest BCUT2D eigenvalue weighted by Gasteiger charge is 2.37. The van der Waals surface area contributed by atoms with Gasteiger partial charge in [0.1, 0.15) is 12.2 Å². The van der Waals surface area contributed by atoms with Crippen LogP contribution in [-0.2, 0) is 50.1 Å². The molecule has 10 nitrogen and oxygen atoms in total. The number of hydrogen-bond acceptors (Lipinski definition) is 9. The Balaban J connectivity index is 0.940. The predicted molar refractivity (Wildman–Crippen MR) is 195 cm³/mol. The molecule has 4 aromatic rings. The van der Waals surface area contributed by atoms with Crippen LogP contribution in [0.25, 0.3) is 0 Å². The van der Waals surface area contributed by atoms with Crippen molar-refractivity contribution in [3.63, 3.8) is 0 Å². The zero-order valence-corrected chi connectivity index (χ0v) is 29.3. The molecule has 0 spiro atoms. The molecule has 0 radical (unpaired) electrons. The molecule has 4 rings (SSSR count). The summed E-state index contributed by atoms with van der Waals surface area (Å²) in [6.07, 6.45) is -0.468. The van der Waals surface area contributed by atoms with Crippen LogP contribution in [-0.4, -0.2) is 98.5 Å². The third kappa shape index (κ3) is 14.9. The highest BCUT2D eigenvalue weighted by molar-refractivity contribution is 5.67. The van der Waals surface area contributed by atoms with Crippen molar-refractivity contribution in [1.82, 2.24) is 5.32 Å². The van der Waals surface area contributed by atoms with Gasteiger partial charge >= 0.3 is 6.09 Å². The monoisotopic (exact) mass is 701 g/mol. The number of carbonyl (C=O) groups is 1. The molecule has 4 aromatic carbocycles. The fraction of sp³-hybridized carbons (Fsp3) is 0.390. The molecule has 0 fully saturated rings. The first-order chi connectivity index (χ1) is 25.3. The van der Waals surface area contributed by atoms with Crippen LogP contribution in [0.5, 0.6) is 0 Å². The summed E-state index contributed by atoms with van der Waals surface area (Å²) in [5, 5.41) is 2.65. The number of carbonyl (C=O) groups excluding carboxylic acids is 1. The summed E-state index contributed by atoms with van der Waals surface area (Å²) < 4.78 is 45.4. The average molecular weight is 702 g/mol. The normalized spacial score (nSPS) is 11.4. The zero-order chi connectivity index (χ0) is 35.5. The second-order valence-electron chi connectivity index (χ2n) is 11.3. The van der Waals surface area contributed by atoms with Crippen molar-refractivity contribution < 1.29 is 42.7 Å². The van der Waals surface area contributed by atoms with Crippen LogP contribution < -0.4 is 5.32 Å². The molecular weight excluding hydrogens is 650 g/mol. The SMILES string of the molecule is O=C(NCCOCCOCCOCCOCCOCCOCCOC(c1ccccc1)(c1ccccc1)c1ccccc1)OCc1ccccc1. The van der Waals surface area contributed by atoms with Crippen LogP contribution in [0, 0.1) is 0 Å². The van der Waals surface area contributed by atoms with Crippen LogP contribution in [0.2, 0.25) is 0 Å². The number of amides is 1. The van der Waals surface area contributed by atoms with Gasteiger partial charge in [-0.3, -0.25) is 0 Å². The molecule has 1 N–H and O–H groups in total. The van der Waals surface area contributed by atoms with Crippen LogP contribution >= 0.6 is 0 Å². The Morgan fingerprint density at radius 1 is 0.431 bits per heavy atom. The van der Waals surface area contributed by atoms with Gasteiger partial charge in [-0.1, -0.05) is 121 Å². The molecule has 274 valence electrons. The van der Waals surface area contributed by atoms with Gasteiger partial charge in [-0.25, -0.2) is 4.79 Å². The maximum absolute atomic E-state index is 11.7. The van der Waals surface area contributed by atoms with E-state index in [-0.39, 0.29) is 6.61 Å². The minimum Gasteiger partial charge on any atom is -0.445 e. The van der Waals surface area contributed by atoms with Crippen molar-refractivity contribution in [1.29, 1.82) is 0 Å². The third-order valence-corrected chi connectivity index (χ3v) is 7.68. The number of benzene rings is 4. The Morgan fingerprint density at radius 2 is 0.765 bits per heavy atom. The Morgan fingerprint density at radius 3 is 1.16 bits per heavy atom. The number of alkyl carbamates (subject to hydrolysis) is 1. The Labute approximate surface area is 301 Å². The molecule has 51 heavy (non-hydrogen) atoms. The molecular formula is C41H51NO9. The van der Waals surface area contributed by atoms with Crippen molar-refractivity contribution in [3.05, 3.63) is 144 Å². The lowest BCUT2D eigenvalue weighted by Crippen LogP contribution is -2.34. The van der Waals surface area contributed by atoms with Gasteiger partial charge in [0.15, 0.2) is 0 Å². The molecule has 0 aliphatic carbocycles. The second kappa shape index (κ2) is 24.9. The first-order valence-electron chi connectivity index (χ1n) is 17.5. The van der Waals surface area contributed by atoms with Gasteiger partial charge in [0.2, 0.25) is 0 Å². The van der Waals surface area contributed by atoms with Gasteiger partial charge in [0.25, 0.3) is 0 Å². The van der Waals surface area contributed by atoms with Crippen LogP contribution in [0.15, 0.2) is 121 Å². The van der Waals surface area contributed by atoms with Crippen LogP contribution in [0.3, 0.4) is 0 Å². The Kier molecular flexibility index (Phi) is 19.4. The topological polar surface area (TPSA) is 103 Å². The van der Waals surface area contributed by atoms with Gasteiger partial charge in [-0.05, 0) is 22.3 Å². The number of ether oxygens (including phenoxy) is 8.